The third-order valence-electron chi connectivity index (χ3n) is 4.68. The molecule has 0 N–H and O–H groups in total. The van der Waals surface area contributed by atoms with Gasteiger partial charge in [0.25, 0.3) is 11.1 Å². The number of amides is 2. The van der Waals surface area contributed by atoms with Gasteiger partial charge in [0.2, 0.25) is 5.76 Å². The maximum absolute atomic E-state index is 12.8. The second-order valence-corrected chi connectivity index (χ2v) is 8.30. The van der Waals surface area contributed by atoms with Crippen LogP contribution in [0.1, 0.15) is 42.1 Å². The molecule has 0 saturated carbocycles. The molecule has 1 saturated heterocycles. The molecule has 3 rings (SSSR count). The highest BCUT2D eigenvalue weighted by Gasteiger charge is 2.36. The van der Waals surface area contributed by atoms with E-state index in [2.05, 4.69) is 4.74 Å². The molecule has 8 nitrogen and oxygen atoms in total. The maximum Gasteiger partial charge on any atom is 0.373 e. The molecule has 2 heterocycles. The van der Waals surface area contributed by atoms with Gasteiger partial charge in [-0.1, -0.05) is 18.5 Å². The van der Waals surface area contributed by atoms with Gasteiger partial charge in [-0.05, 0) is 61.0 Å². The van der Waals surface area contributed by atoms with E-state index in [1.54, 1.807) is 18.2 Å². The molecule has 1 atom stereocenters. The zero-order valence-corrected chi connectivity index (χ0v) is 19.5. The Balaban J connectivity index is 1.81. The first-order valence-corrected chi connectivity index (χ1v) is 10.9. The van der Waals surface area contributed by atoms with Crippen molar-refractivity contribution < 1.29 is 33.0 Å². The zero-order valence-electron chi connectivity index (χ0n) is 18.0. The van der Waals surface area contributed by atoms with Crippen LogP contribution < -0.4 is 9.47 Å². The third-order valence-corrected chi connectivity index (χ3v) is 5.87. The Kier molecular flexibility index (Phi) is 7.52. The normalized spacial score (nSPS) is 15.9. The van der Waals surface area contributed by atoms with Crippen LogP contribution in [-0.4, -0.2) is 42.3 Å². The number of rotatable bonds is 8. The van der Waals surface area contributed by atoms with Crippen LogP contribution in [0, 0.1) is 0 Å². The highest BCUT2D eigenvalue weighted by atomic mass is 35.5. The first-order valence-electron chi connectivity index (χ1n) is 9.73. The van der Waals surface area contributed by atoms with Crippen molar-refractivity contribution in [2.24, 2.45) is 0 Å². The van der Waals surface area contributed by atoms with Crippen LogP contribution in [0.2, 0.25) is 5.02 Å². The highest BCUT2D eigenvalue weighted by Crippen LogP contribution is 2.39. The van der Waals surface area contributed by atoms with Crippen molar-refractivity contribution in [3.05, 3.63) is 51.3 Å². The second kappa shape index (κ2) is 10.1. The number of furan rings is 1. The SMILES string of the molecule is CC[C@H](C)Oc1c(Cl)cc(/C=C2/SC(=O)N(Cc3ccc(C(=O)OC)o3)C2=O)cc1OC. The molecule has 2 amide bonds. The molecule has 0 unspecified atom stereocenters. The lowest BCUT2D eigenvalue weighted by molar-refractivity contribution is -0.123. The fourth-order valence-electron chi connectivity index (χ4n) is 2.84. The topological polar surface area (TPSA) is 95.3 Å². The number of halogens is 1. The van der Waals surface area contributed by atoms with E-state index < -0.39 is 17.1 Å². The fourth-order valence-corrected chi connectivity index (χ4v) is 3.94. The summed E-state index contributed by atoms with van der Waals surface area (Å²) < 4.78 is 21.2. The number of thioether (sulfide) groups is 1. The average Bonchev–Trinajstić information content (AvgIpc) is 3.35. The van der Waals surface area contributed by atoms with Crippen LogP contribution in [0.25, 0.3) is 6.08 Å². The number of esters is 1. The van der Waals surface area contributed by atoms with Crippen molar-refractivity contribution >= 4 is 46.6 Å². The lowest BCUT2D eigenvalue weighted by Crippen LogP contribution is -2.27. The molecular formula is C22H22ClNO7S. The number of nitrogens with zero attached hydrogens (tertiary/aromatic N) is 1. The molecule has 10 heteroatoms. The fraction of sp³-hybridized carbons (Fsp3) is 0.318. The summed E-state index contributed by atoms with van der Waals surface area (Å²) in [5.74, 6) is 0.00164. The van der Waals surface area contributed by atoms with E-state index in [1.807, 2.05) is 13.8 Å². The number of carbonyl (C=O) groups is 3. The summed E-state index contributed by atoms with van der Waals surface area (Å²) in [6.45, 7) is 3.81. The van der Waals surface area contributed by atoms with Crippen LogP contribution in [0.4, 0.5) is 4.79 Å². The Labute approximate surface area is 194 Å². The van der Waals surface area contributed by atoms with E-state index >= 15 is 0 Å². The van der Waals surface area contributed by atoms with Crippen LogP contribution in [-0.2, 0) is 16.1 Å². The van der Waals surface area contributed by atoms with E-state index in [0.29, 0.717) is 22.1 Å². The number of benzene rings is 1. The Morgan fingerprint density at radius 2 is 2.03 bits per heavy atom. The number of ether oxygens (including phenoxy) is 3. The van der Waals surface area contributed by atoms with Crippen molar-refractivity contribution in [2.75, 3.05) is 14.2 Å². The van der Waals surface area contributed by atoms with Crippen LogP contribution in [0.5, 0.6) is 11.5 Å². The Bertz CT molecular complexity index is 1080. The van der Waals surface area contributed by atoms with Gasteiger partial charge in [-0.2, -0.15) is 0 Å². The summed E-state index contributed by atoms with van der Waals surface area (Å²) in [7, 11) is 2.73. The van der Waals surface area contributed by atoms with E-state index in [1.165, 1.54) is 26.4 Å². The largest absolute Gasteiger partial charge is 0.493 e. The number of imide groups is 1. The molecule has 1 aliphatic rings. The minimum Gasteiger partial charge on any atom is -0.493 e. The molecule has 0 spiro atoms. The summed E-state index contributed by atoms with van der Waals surface area (Å²) in [5.41, 5.74) is 0.583. The molecule has 2 aromatic rings. The molecule has 0 radical (unpaired) electrons. The molecule has 0 aliphatic carbocycles. The number of methoxy groups -OCH3 is 2. The first kappa shape index (κ1) is 23.7. The molecule has 1 aromatic carbocycles. The minimum absolute atomic E-state index is 0.00792. The van der Waals surface area contributed by atoms with Gasteiger partial charge in [0.15, 0.2) is 11.5 Å². The molecule has 1 aromatic heterocycles. The van der Waals surface area contributed by atoms with Gasteiger partial charge in [-0.15, -0.1) is 0 Å². The molecule has 1 aliphatic heterocycles. The first-order chi connectivity index (χ1) is 15.3. The van der Waals surface area contributed by atoms with Gasteiger partial charge in [0.05, 0.1) is 36.8 Å². The monoisotopic (exact) mass is 479 g/mol. The van der Waals surface area contributed by atoms with E-state index in [0.717, 1.165) is 23.1 Å². The van der Waals surface area contributed by atoms with Gasteiger partial charge in [-0.3, -0.25) is 14.5 Å². The van der Waals surface area contributed by atoms with Crippen molar-refractivity contribution in [2.45, 2.75) is 32.9 Å². The second-order valence-electron chi connectivity index (χ2n) is 6.90. The maximum atomic E-state index is 12.8. The van der Waals surface area contributed by atoms with Gasteiger partial charge in [0.1, 0.15) is 5.76 Å². The Hall–Kier alpha value is -2.91. The van der Waals surface area contributed by atoms with Crippen molar-refractivity contribution in [1.29, 1.82) is 0 Å². The average molecular weight is 480 g/mol. The zero-order chi connectivity index (χ0) is 23.4. The summed E-state index contributed by atoms with van der Waals surface area (Å²) >= 11 is 7.19. The van der Waals surface area contributed by atoms with Gasteiger partial charge in [0, 0.05) is 0 Å². The van der Waals surface area contributed by atoms with E-state index in [9.17, 15) is 14.4 Å². The molecule has 32 heavy (non-hydrogen) atoms. The standard InChI is InChI=1S/C22H22ClNO7S/c1-5-12(2)30-19-15(23)8-13(9-17(19)28-3)10-18-20(25)24(22(27)32-18)11-14-6-7-16(31-14)21(26)29-4/h6-10,12H,5,11H2,1-4H3/b18-10+/t12-/m0/s1. The quantitative estimate of drug-likeness (QED) is 0.379. The number of hydrogen-bond acceptors (Lipinski definition) is 8. The predicted molar refractivity (Wildman–Crippen MR) is 120 cm³/mol. The van der Waals surface area contributed by atoms with E-state index in [4.69, 9.17) is 25.5 Å². The number of hydrogen-bond donors (Lipinski definition) is 0. The summed E-state index contributed by atoms with van der Waals surface area (Å²) in [6.07, 6.45) is 2.31. The Morgan fingerprint density at radius 3 is 2.69 bits per heavy atom. The lowest BCUT2D eigenvalue weighted by atomic mass is 10.1. The molecular weight excluding hydrogens is 458 g/mol. The van der Waals surface area contributed by atoms with E-state index in [-0.39, 0.29) is 29.1 Å². The van der Waals surface area contributed by atoms with Crippen molar-refractivity contribution in [3.8, 4) is 11.5 Å². The molecule has 1 fully saturated rings. The van der Waals surface area contributed by atoms with Gasteiger partial charge >= 0.3 is 5.97 Å². The summed E-state index contributed by atoms with van der Waals surface area (Å²) in [4.78, 5) is 38.0. The number of carbonyl (C=O) groups excluding carboxylic acids is 3. The third kappa shape index (κ3) is 5.11. The lowest BCUT2D eigenvalue weighted by Gasteiger charge is -2.17. The van der Waals surface area contributed by atoms with Crippen molar-refractivity contribution in [1.82, 2.24) is 4.90 Å². The summed E-state index contributed by atoms with van der Waals surface area (Å²) in [6, 6.07) is 6.27. The van der Waals surface area contributed by atoms with Crippen molar-refractivity contribution in [3.63, 3.8) is 0 Å². The van der Waals surface area contributed by atoms with Gasteiger partial charge < -0.3 is 18.6 Å². The predicted octanol–water partition coefficient (Wildman–Crippen LogP) is 5.14. The Morgan fingerprint density at radius 1 is 1.28 bits per heavy atom. The molecule has 170 valence electrons. The van der Waals surface area contributed by atoms with Crippen LogP contribution in [0.3, 0.4) is 0 Å². The smallest absolute Gasteiger partial charge is 0.373 e. The minimum atomic E-state index is -0.642. The van der Waals surface area contributed by atoms with Crippen LogP contribution in [0.15, 0.2) is 33.6 Å². The summed E-state index contributed by atoms with van der Waals surface area (Å²) in [5, 5.41) is -0.117. The van der Waals surface area contributed by atoms with Crippen LogP contribution >= 0.6 is 23.4 Å². The highest BCUT2D eigenvalue weighted by molar-refractivity contribution is 8.18. The molecule has 0 bridgehead atoms. The van der Waals surface area contributed by atoms with Gasteiger partial charge in [-0.25, -0.2) is 4.79 Å².